The fourth-order valence-electron chi connectivity index (χ4n) is 2.01. The van der Waals surface area contributed by atoms with Gasteiger partial charge in [0.1, 0.15) is 6.10 Å². The summed E-state index contributed by atoms with van der Waals surface area (Å²) in [5, 5.41) is 0. The fourth-order valence-corrected chi connectivity index (χ4v) is 2.01. The van der Waals surface area contributed by atoms with E-state index in [9.17, 15) is 4.79 Å². The Kier molecular flexibility index (Phi) is 3.96. The Morgan fingerprint density at radius 1 is 1.59 bits per heavy atom. The zero-order valence-corrected chi connectivity index (χ0v) is 10.1. The van der Waals surface area contributed by atoms with Gasteiger partial charge in [0, 0.05) is 31.6 Å². The van der Waals surface area contributed by atoms with Crippen LogP contribution in [0.3, 0.4) is 0 Å². The first-order valence-electron chi connectivity index (χ1n) is 6.15. The van der Waals surface area contributed by atoms with Crippen molar-refractivity contribution in [2.24, 2.45) is 0 Å². The van der Waals surface area contributed by atoms with Crippen molar-refractivity contribution in [1.82, 2.24) is 9.88 Å². The standard InChI is InChI=1S/C13H18N2O2/c1-2-5-13(16)15-9-7-11(10-15)17-12-6-3-4-8-14-12/h3-4,6,8,11H,2,5,7,9-10H2,1H3. The first kappa shape index (κ1) is 11.9. The van der Waals surface area contributed by atoms with Gasteiger partial charge in [0.15, 0.2) is 0 Å². The van der Waals surface area contributed by atoms with Gasteiger partial charge in [0.2, 0.25) is 11.8 Å². The van der Waals surface area contributed by atoms with Gasteiger partial charge in [0.25, 0.3) is 0 Å². The summed E-state index contributed by atoms with van der Waals surface area (Å²) in [6.45, 7) is 3.52. The van der Waals surface area contributed by atoms with Gasteiger partial charge in [-0.3, -0.25) is 4.79 Å². The van der Waals surface area contributed by atoms with E-state index in [4.69, 9.17) is 4.74 Å². The zero-order valence-electron chi connectivity index (χ0n) is 10.1. The molecule has 2 heterocycles. The average Bonchev–Trinajstić information content (AvgIpc) is 2.79. The van der Waals surface area contributed by atoms with Crippen LogP contribution in [-0.2, 0) is 4.79 Å². The Bertz CT molecular complexity index is 367. The Labute approximate surface area is 102 Å². The number of pyridine rings is 1. The molecule has 17 heavy (non-hydrogen) atoms. The van der Waals surface area contributed by atoms with Crippen LogP contribution in [0.5, 0.6) is 5.88 Å². The third kappa shape index (κ3) is 3.19. The van der Waals surface area contributed by atoms with Gasteiger partial charge < -0.3 is 9.64 Å². The van der Waals surface area contributed by atoms with Crippen molar-refractivity contribution >= 4 is 5.91 Å². The molecule has 1 atom stereocenters. The molecule has 4 nitrogen and oxygen atoms in total. The maximum atomic E-state index is 11.7. The van der Waals surface area contributed by atoms with Crippen LogP contribution in [0.2, 0.25) is 0 Å². The smallest absolute Gasteiger partial charge is 0.222 e. The van der Waals surface area contributed by atoms with Crippen molar-refractivity contribution < 1.29 is 9.53 Å². The number of rotatable bonds is 4. The fraction of sp³-hybridized carbons (Fsp3) is 0.538. The van der Waals surface area contributed by atoms with Crippen molar-refractivity contribution in [3.63, 3.8) is 0 Å². The quantitative estimate of drug-likeness (QED) is 0.798. The molecule has 0 spiro atoms. The highest BCUT2D eigenvalue weighted by Crippen LogP contribution is 2.16. The Balaban J connectivity index is 1.84. The second-order valence-corrected chi connectivity index (χ2v) is 4.29. The predicted octanol–water partition coefficient (Wildman–Crippen LogP) is 1.86. The summed E-state index contributed by atoms with van der Waals surface area (Å²) < 4.78 is 5.73. The molecule has 1 aliphatic rings. The van der Waals surface area contributed by atoms with Crippen LogP contribution in [0.4, 0.5) is 0 Å². The zero-order chi connectivity index (χ0) is 12.1. The van der Waals surface area contributed by atoms with E-state index in [0.717, 1.165) is 19.4 Å². The molecule has 1 unspecified atom stereocenters. The van der Waals surface area contributed by atoms with Gasteiger partial charge in [0.05, 0.1) is 6.54 Å². The lowest BCUT2D eigenvalue weighted by Gasteiger charge is -2.16. The second-order valence-electron chi connectivity index (χ2n) is 4.29. The summed E-state index contributed by atoms with van der Waals surface area (Å²) >= 11 is 0. The molecule has 1 aromatic heterocycles. The van der Waals surface area contributed by atoms with E-state index < -0.39 is 0 Å². The van der Waals surface area contributed by atoms with Gasteiger partial charge in [-0.05, 0) is 12.5 Å². The second kappa shape index (κ2) is 5.66. The monoisotopic (exact) mass is 234 g/mol. The van der Waals surface area contributed by atoms with Crippen LogP contribution >= 0.6 is 0 Å². The number of nitrogens with zero attached hydrogens (tertiary/aromatic N) is 2. The molecule has 4 heteroatoms. The lowest BCUT2D eigenvalue weighted by molar-refractivity contribution is -0.130. The molecule has 2 rings (SSSR count). The summed E-state index contributed by atoms with van der Waals surface area (Å²) in [6.07, 6.45) is 4.24. The SMILES string of the molecule is CCCC(=O)N1CCC(Oc2ccccn2)C1. The van der Waals surface area contributed by atoms with Crippen molar-refractivity contribution in [2.75, 3.05) is 13.1 Å². The number of aromatic nitrogens is 1. The van der Waals surface area contributed by atoms with Crippen LogP contribution in [0.1, 0.15) is 26.2 Å². The Hall–Kier alpha value is -1.58. The van der Waals surface area contributed by atoms with Gasteiger partial charge in [-0.15, -0.1) is 0 Å². The van der Waals surface area contributed by atoms with E-state index in [1.54, 1.807) is 6.20 Å². The summed E-state index contributed by atoms with van der Waals surface area (Å²) in [7, 11) is 0. The summed E-state index contributed by atoms with van der Waals surface area (Å²) in [6, 6.07) is 5.60. The van der Waals surface area contributed by atoms with E-state index in [2.05, 4.69) is 4.98 Å². The van der Waals surface area contributed by atoms with Crippen LogP contribution < -0.4 is 4.74 Å². The maximum Gasteiger partial charge on any atom is 0.222 e. The maximum absolute atomic E-state index is 11.7. The third-order valence-corrected chi connectivity index (χ3v) is 2.89. The normalized spacial score (nSPS) is 19.4. The number of carbonyl (C=O) groups excluding carboxylic acids is 1. The Morgan fingerprint density at radius 2 is 2.47 bits per heavy atom. The van der Waals surface area contributed by atoms with E-state index in [-0.39, 0.29) is 12.0 Å². The molecule has 1 amide bonds. The minimum atomic E-state index is 0.0886. The average molecular weight is 234 g/mol. The number of amides is 1. The molecule has 0 aromatic carbocycles. The van der Waals surface area contributed by atoms with Crippen molar-refractivity contribution in [3.05, 3.63) is 24.4 Å². The van der Waals surface area contributed by atoms with Crippen LogP contribution in [0, 0.1) is 0 Å². The van der Waals surface area contributed by atoms with Crippen molar-refractivity contribution in [1.29, 1.82) is 0 Å². The first-order valence-corrected chi connectivity index (χ1v) is 6.15. The molecule has 0 saturated carbocycles. The molecule has 1 fully saturated rings. The van der Waals surface area contributed by atoms with Crippen molar-refractivity contribution in [3.8, 4) is 5.88 Å². The van der Waals surface area contributed by atoms with Crippen LogP contribution in [0.15, 0.2) is 24.4 Å². The minimum Gasteiger partial charge on any atom is -0.472 e. The summed E-state index contributed by atoms with van der Waals surface area (Å²) in [5.74, 6) is 0.877. The van der Waals surface area contributed by atoms with Crippen molar-refractivity contribution in [2.45, 2.75) is 32.3 Å². The highest BCUT2D eigenvalue weighted by Gasteiger charge is 2.27. The van der Waals surface area contributed by atoms with E-state index in [1.807, 2.05) is 30.0 Å². The topological polar surface area (TPSA) is 42.4 Å². The molecule has 1 saturated heterocycles. The molecular formula is C13H18N2O2. The van der Waals surface area contributed by atoms with Crippen LogP contribution in [0.25, 0.3) is 0 Å². The molecule has 1 aliphatic heterocycles. The number of hydrogen-bond acceptors (Lipinski definition) is 3. The summed E-state index contributed by atoms with van der Waals surface area (Å²) in [5.41, 5.74) is 0. The molecule has 0 bridgehead atoms. The van der Waals surface area contributed by atoms with Gasteiger partial charge >= 0.3 is 0 Å². The highest BCUT2D eigenvalue weighted by molar-refractivity contribution is 5.76. The molecule has 0 aliphatic carbocycles. The third-order valence-electron chi connectivity index (χ3n) is 2.89. The molecule has 92 valence electrons. The van der Waals surface area contributed by atoms with Gasteiger partial charge in [-0.2, -0.15) is 0 Å². The number of hydrogen-bond donors (Lipinski definition) is 0. The lowest BCUT2D eigenvalue weighted by atomic mass is 10.3. The largest absolute Gasteiger partial charge is 0.472 e. The molecule has 0 N–H and O–H groups in total. The van der Waals surface area contributed by atoms with E-state index in [0.29, 0.717) is 18.8 Å². The Morgan fingerprint density at radius 3 is 3.18 bits per heavy atom. The molecule has 0 radical (unpaired) electrons. The lowest BCUT2D eigenvalue weighted by Crippen LogP contribution is -2.30. The highest BCUT2D eigenvalue weighted by atomic mass is 16.5. The van der Waals surface area contributed by atoms with E-state index in [1.165, 1.54) is 0 Å². The number of likely N-dealkylation sites (tertiary alicyclic amines) is 1. The number of ether oxygens (including phenoxy) is 1. The molecular weight excluding hydrogens is 216 g/mol. The van der Waals surface area contributed by atoms with Gasteiger partial charge in [-0.25, -0.2) is 4.98 Å². The summed E-state index contributed by atoms with van der Waals surface area (Å²) in [4.78, 5) is 17.7. The minimum absolute atomic E-state index is 0.0886. The first-order chi connectivity index (χ1) is 8.29. The predicted molar refractivity (Wildman–Crippen MR) is 64.8 cm³/mol. The molecule has 1 aromatic rings. The van der Waals surface area contributed by atoms with E-state index >= 15 is 0 Å². The van der Waals surface area contributed by atoms with Crippen LogP contribution in [-0.4, -0.2) is 35.0 Å². The number of carbonyl (C=O) groups is 1. The van der Waals surface area contributed by atoms with Gasteiger partial charge in [-0.1, -0.05) is 13.0 Å².